The predicted molar refractivity (Wildman–Crippen MR) is 83.4 cm³/mol. The van der Waals surface area contributed by atoms with Gasteiger partial charge < -0.3 is 10.0 Å². The van der Waals surface area contributed by atoms with Gasteiger partial charge in [-0.25, -0.2) is 0 Å². The van der Waals surface area contributed by atoms with Crippen LogP contribution in [0.1, 0.15) is 37.7 Å². The average molecular weight is 314 g/mol. The molecule has 2 nitrogen and oxygen atoms in total. The normalized spacial score (nSPS) is 31.1. The summed E-state index contributed by atoms with van der Waals surface area (Å²) in [5.41, 5.74) is -0.00161. The molecule has 1 N–H and O–H groups in total. The Morgan fingerprint density at radius 1 is 1.20 bits per heavy atom. The quantitative estimate of drug-likeness (QED) is 0.909. The minimum atomic E-state index is -0.815. The number of hydrogen-bond acceptors (Lipinski definition) is 2. The van der Waals surface area contributed by atoms with Crippen molar-refractivity contribution >= 4 is 23.2 Å². The average Bonchev–Trinajstić information content (AvgIpc) is 3.05. The zero-order valence-electron chi connectivity index (χ0n) is 11.6. The van der Waals surface area contributed by atoms with Gasteiger partial charge in [-0.3, -0.25) is 0 Å². The molecular weight excluding hydrogens is 293 g/mol. The van der Waals surface area contributed by atoms with Crippen molar-refractivity contribution in [1.82, 2.24) is 4.90 Å². The van der Waals surface area contributed by atoms with Crippen molar-refractivity contribution in [3.8, 4) is 0 Å². The van der Waals surface area contributed by atoms with Gasteiger partial charge in [-0.2, -0.15) is 0 Å². The molecule has 1 heterocycles. The predicted octanol–water partition coefficient (Wildman–Crippen LogP) is 4.08. The lowest BCUT2D eigenvalue weighted by Crippen LogP contribution is -2.38. The van der Waals surface area contributed by atoms with Gasteiger partial charge in [-0.05, 0) is 51.3 Å². The highest BCUT2D eigenvalue weighted by Crippen LogP contribution is 2.47. The fourth-order valence-electron chi connectivity index (χ4n) is 3.77. The van der Waals surface area contributed by atoms with Gasteiger partial charge in [0.1, 0.15) is 0 Å². The largest absolute Gasteiger partial charge is 0.385 e. The van der Waals surface area contributed by atoms with E-state index >= 15 is 0 Å². The molecule has 1 aromatic rings. The molecule has 4 heteroatoms. The van der Waals surface area contributed by atoms with Crippen molar-refractivity contribution in [2.24, 2.45) is 5.92 Å². The zero-order chi connectivity index (χ0) is 14.2. The summed E-state index contributed by atoms with van der Waals surface area (Å²) in [5.74, 6) is 0.261. The first-order valence-corrected chi connectivity index (χ1v) is 8.26. The molecule has 0 amide bonds. The molecule has 1 saturated carbocycles. The third kappa shape index (κ3) is 2.59. The molecule has 1 aromatic carbocycles. The monoisotopic (exact) mass is 313 g/mol. The van der Waals surface area contributed by atoms with Crippen LogP contribution in [0.5, 0.6) is 0 Å². The zero-order valence-corrected chi connectivity index (χ0v) is 13.1. The summed E-state index contributed by atoms with van der Waals surface area (Å²) in [7, 11) is 0. The highest BCUT2D eigenvalue weighted by molar-refractivity contribution is 6.42. The first-order chi connectivity index (χ1) is 9.61. The number of halogens is 2. The van der Waals surface area contributed by atoms with E-state index in [0.29, 0.717) is 10.0 Å². The van der Waals surface area contributed by atoms with Gasteiger partial charge >= 0.3 is 0 Å². The van der Waals surface area contributed by atoms with Crippen molar-refractivity contribution in [2.45, 2.75) is 37.7 Å². The maximum absolute atomic E-state index is 11.2. The van der Waals surface area contributed by atoms with E-state index in [1.807, 2.05) is 12.1 Å². The van der Waals surface area contributed by atoms with Crippen LogP contribution in [0, 0.1) is 5.92 Å². The van der Waals surface area contributed by atoms with E-state index in [2.05, 4.69) is 4.90 Å². The Labute approximate surface area is 130 Å². The molecule has 0 aromatic heterocycles. The summed E-state index contributed by atoms with van der Waals surface area (Å²) in [6.07, 6.45) is 5.46. The van der Waals surface area contributed by atoms with Crippen LogP contribution in [-0.2, 0) is 5.60 Å². The first-order valence-electron chi connectivity index (χ1n) is 7.50. The van der Waals surface area contributed by atoms with Crippen molar-refractivity contribution in [3.63, 3.8) is 0 Å². The van der Waals surface area contributed by atoms with Gasteiger partial charge in [0, 0.05) is 18.0 Å². The van der Waals surface area contributed by atoms with Crippen LogP contribution in [0.15, 0.2) is 18.2 Å². The number of nitrogens with zero attached hydrogens (tertiary/aromatic N) is 1. The second-order valence-electron chi connectivity index (χ2n) is 6.12. The highest BCUT2D eigenvalue weighted by Gasteiger charge is 2.44. The molecule has 2 fully saturated rings. The van der Waals surface area contributed by atoms with Crippen molar-refractivity contribution in [2.75, 3.05) is 19.6 Å². The van der Waals surface area contributed by atoms with Crippen LogP contribution in [0.3, 0.4) is 0 Å². The molecule has 1 saturated heterocycles. The number of benzene rings is 1. The lowest BCUT2D eigenvalue weighted by molar-refractivity contribution is -0.0134. The van der Waals surface area contributed by atoms with Crippen LogP contribution < -0.4 is 0 Å². The Morgan fingerprint density at radius 3 is 2.70 bits per heavy atom. The van der Waals surface area contributed by atoms with E-state index < -0.39 is 5.60 Å². The molecule has 2 unspecified atom stereocenters. The van der Waals surface area contributed by atoms with E-state index in [0.717, 1.165) is 44.5 Å². The van der Waals surface area contributed by atoms with Crippen molar-refractivity contribution in [1.29, 1.82) is 0 Å². The van der Waals surface area contributed by atoms with E-state index in [9.17, 15) is 5.11 Å². The van der Waals surface area contributed by atoms with E-state index in [1.54, 1.807) is 6.07 Å². The standard InChI is InChI=1S/C16H21Cl2NO/c17-14-7-3-6-13(15(14)18)16(20)8-4-5-12(16)11-19-9-1-2-10-19/h3,6-7,12,20H,1-2,4-5,8-11H2. The summed E-state index contributed by atoms with van der Waals surface area (Å²) >= 11 is 12.5. The summed E-state index contributed by atoms with van der Waals surface area (Å²) < 4.78 is 0. The SMILES string of the molecule is OC1(c2cccc(Cl)c2Cl)CCCC1CN1CCCC1. The number of aliphatic hydroxyl groups is 1. The van der Waals surface area contributed by atoms with Crippen LogP contribution in [0.25, 0.3) is 0 Å². The van der Waals surface area contributed by atoms with E-state index in [-0.39, 0.29) is 5.92 Å². The second kappa shape index (κ2) is 5.84. The Kier molecular flexibility index (Phi) is 4.28. The molecule has 0 radical (unpaired) electrons. The lowest BCUT2D eigenvalue weighted by atomic mass is 9.83. The van der Waals surface area contributed by atoms with Crippen molar-refractivity contribution < 1.29 is 5.11 Å². The fourth-order valence-corrected chi connectivity index (χ4v) is 4.24. The number of hydrogen-bond donors (Lipinski definition) is 1. The van der Waals surface area contributed by atoms with E-state index in [1.165, 1.54) is 12.8 Å². The summed E-state index contributed by atoms with van der Waals surface area (Å²) in [6.45, 7) is 3.30. The molecule has 1 aliphatic heterocycles. The van der Waals surface area contributed by atoms with Gasteiger partial charge in [0.05, 0.1) is 15.6 Å². The van der Waals surface area contributed by atoms with Gasteiger partial charge in [0.25, 0.3) is 0 Å². The van der Waals surface area contributed by atoms with Gasteiger partial charge in [0.15, 0.2) is 0 Å². The number of likely N-dealkylation sites (tertiary alicyclic amines) is 1. The molecule has 0 bridgehead atoms. The molecule has 110 valence electrons. The van der Waals surface area contributed by atoms with Crippen LogP contribution in [-0.4, -0.2) is 29.6 Å². The Hall–Kier alpha value is -0.280. The third-order valence-corrected chi connectivity index (χ3v) is 5.70. The Morgan fingerprint density at radius 2 is 1.95 bits per heavy atom. The van der Waals surface area contributed by atoms with Gasteiger partial charge in [-0.1, -0.05) is 35.3 Å². The molecular formula is C16H21Cl2NO. The minimum Gasteiger partial charge on any atom is -0.385 e. The van der Waals surface area contributed by atoms with E-state index in [4.69, 9.17) is 23.2 Å². The smallest absolute Gasteiger partial charge is 0.0951 e. The molecule has 2 aliphatic rings. The lowest BCUT2D eigenvalue weighted by Gasteiger charge is -2.34. The number of rotatable bonds is 3. The van der Waals surface area contributed by atoms with Crippen molar-refractivity contribution in [3.05, 3.63) is 33.8 Å². The topological polar surface area (TPSA) is 23.5 Å². The van der Waals surface area contributed by atoms with Crippen LogP contribution >= 0.6 is 23.2 Å². The maximum Gasteiger partial charge on any atom is 0.0951 e. The minimum absolute atomic E-state index is 0.261. The van der Waals surface area contributed by atoms with Gasteiger partial charge in [-0.15, -0.1) is 0 Å². The molecule has 2 atom stereocenters. The summed E-state index contributed by atoms with van der Waals surface area (Å²) in [4.78, 5) is 2.47. The molecule has 0 spiro atoms. The Bertz CT molecular complexity index is 487. The summed E-state index contributed by atoms with van der Waals surface area (Å²) in [5, 5.41) is 12.3. The molecule has 3 rings (SSSR count). The van der Waals surface area contributed by atoms with Gasteiger partial charge in [0.2, 0.25) is 0 Å². The maximum atomic E-state index is 11.2. The molecule has 1 aliphatic carbocycles. The second-order valence-corrected chi connectivity index (χ2v) is 6.91. The third-order valence-electron chi connectivity index (χ3n) is 4.88. The van der Waals surface area contributed by atoms with Crippen LogP contribution in [0.2, 0.25) is 10.0 Å². The highest BCUT2D eigenvalue weighted by atomic mass is 35.5. The molecule has 20 heavy (non-hydrogen) atoms. The summed E-state index contributed by atoms with van der Waals surface area (Å²) in [6, 6.07) is 5.59. The van der Waals surface area contributed by atoms with Crippen LogP contribution in [0.4, 0.5) is 0 Å². The first kappa shape index (κ1) is 14.6. The fraction of sp³-hybridized carbons (Fsp3) is 0.625. The Balaban J connectivity index is 1.86.